The first-order valence-corrected chi connectivity index (χ1v) is 6.82. The topological polar surface area (TPSA) is 12.0 Å². The zero-order valence-electron chi connectivity index (χ0n) is 13.2. The van der Waals surface area contributed by atoms with Crippen LogP contribution in [0.1, 0.15) is 41.5 Å². The van der Waals surface area contributed by atoms with Crippen LogP contribution in [0.25, 0.3) is 0 Å². The Morgan fingerprint density at radius 2 is 1.95 bits per heavy atom. The van der Waals surface area contributed by atoms with Crippen molar-refractivity contribution < 1.29 is 4.39 Å². The van der Waals surface area contributed by atoms with Crippen LogP contribution in [-0.2, 0) is 0 Å². The van der Waals surface area contributed by atoms with Crippen LogP contribution >= 0.6 is 0 Å². The van der Waals surface area contributed by atoms with Gasteiger partial charge in [-0.3, -0.25) is 0 Å². The molecule has 0 spiro atoms. The molecule has 1 N–H and O–H groups in total. The fraction of sp³-hybridized carbons (Fsp3) is 0.588. The Bertz CT molecular complexity index is 388. The summed E-state index contributed by atoms with van der Waals surface area (Å²) in [4.78, 5) is 0. The summed E-state index contributed by atoms with van der Waals surface area (Å²) in [7, 11) is 0. The predicted molar refractivity (Wildman–Crippen MR) is 83.1 cm³/mol. The van der Waals surface area contributed by atoms with Crippen molar-refractivity contribution in [3.05, 3.63) is 41.2 Å². The Morgan fingerprint density at radius 1 is 1.37 bits per heavy atom. The fourth-order valence-electron chi connectivity index (χ4n) is 1.34. The molecule has 19 heavy (non-hydrogen) atoms. The SMILES string of the molecule is C=C(C)/C=C(\C=C=C(C)C(C)(C)F)CNCC(C)C. The summed E-state index contributed by atoms with van der Waals surface area (Å²) < 4.78 is 13.7. The minimum Gasteiger partial charge on any atom is -0.312 e. The highest BCUT2D eigenvalue weighted by Crippen LogP contribution is 2.18. The molecular formula is C17H28FN. The van der Waals surface area contributed by atoms with Crippen molar-refractivity contribution in [3.63, 3.8) is 0 Å². The van der Waals surface area contributed by atoms with Crippen LogP contribution in [0.2, 0.25) is 0 Å². The van der Waals surface area contributed by atoms with E-state index in [1.54, 1.807) is 20.8 Å². The first-order chi connectivity index (χ1) is 8.62. The standard InChI is InChI=1S/C17H28FN/c1-13(2)10-16(12-19-11-14(3)4)9-8-15(5)17(6,7)18/h9-10,14,19H,1,11-12H2,2-7H3/b16-10+. The summed E-state index contributed by atoms with van der Waals surface area (Å²) in [5.74, 6) is 0.608. The lowest BCUT2D eigenvalue weighted by atomic mass is 10.0. The molecule has 0 atom stereocenters. The zero-order chi connectivity index (χ0) is 15.1. The minimum absolute atomic E-state index is 0.601. The number of halogens is 1. The average molecular weight is 265 g/mol. The van der Waals surface area contributed by atoms with Crippen molar-refractivity contribution >= 4 is 0 Å². The van der Waals surface area contributed by atoms with Gasteiger partial charge in [0, 0.05) is 12.1 Å². The maximum atomic E-state index is 13.7. The molecule has 0 unspecified atom stereocenters. The molecule has 2 heteroatoms. The summed E-state index contributed by atoms with van der Waals surface area (Å²) in [6.45, 7) is 16.7. The third kappa shape index (κ3) is 9.47. The van der Waals surface area contributed by atoms with Crippen LogP contribution in [0.4, 0.5) is 4.39 Å². The van der Waals surface area contributed by atoms with Crippen molar-refractivity contribution in [2.24, 2.45) is 5.92 Å². The van der Waals surface area contributed by atoms with Gasteiger partial charge in [-0.1, -0.05) is 32.1 Å². The molecule has 0 aromatic rings. The van der Waals surface area contributed by atoms with E-state index in [4.69, 9.17) is 0 Å². The van der Waals surface area contributed by atoms with Crippen LogP contribution in [0.15, 0.2) is 41.2 Å². The van der Waals surface area contributed by atoms with E-state index in [-0.39, 0.29) is 0 Å². The van der Waals surface area contributed by atoms with Gasteiger partial charge < -0.3 is 5.32 Å². The number of nitrogens with one attached hydrogen (secondary N) is 1. The second kappa shape index (κ2) is 8.14. The van der Waals surface area contributed by atoms with Gasteiger partial charge in [0.25, 0.3) is 0 Å². The van der Waals surface area contributed by atoms with Gasteiger partial charge in [-0.2, -0.15) is 0 Å². The second-order valence-electron chi connectivity index (χ2n) is 5.98. The molecule has 0 bridgehead atoms. The molecule has 0 amide bonds. The lowest BCUT2D eigenvalue weighted by molar-refractivity contribution is 0.269. The van der Waals surface area contributed by atoms with E-state index in [0.717, 1.165) is 24.2 Å². The molecule has 0 aliphatic rings. The molecule has 0 aliphatic heterocycles. The summed E-state index contributed by atoms with van der Waals surface area (Å²) in [5, 5.41) is 3.37. The molecule has 0 aliphatic carbocycles. The molecule has 0 aromatic heterocycles. The lowest BCUT2D eigenvalue weighted by Crippen LogP contribution is -2.21. The first-order valence-electron chi connectivity index (χ1n) is 6.82. The van der Waals surface area contributed by atoms with E-state index >= 15 is 0 Å². The lowest BCUT2D eigenvalue weighted by Gasteiger charge is -2.12. The fourth-order valence-corrected chi connectivity index (χ4v) is 1.34. The highest BCUT2D eigenvalue weighted by atomic mass is 19.1. The van der Waals surface area contributed by atoms with Crippen LogP contribution in [0, 0.1) is 5.92 Å². The highest BCUT2D eigenvalue weighted by Gasteiger charge is 2.16. The minimum atomic E-state index is -1.32. The normalized spacial score (nSPS) is 12.3. The maximum Gasteiger partial charge on any atom is 0.133 e. The second-order valence-corrected chi connectivity index (χ2v) is 5.98. The molecule has 108 valence electrons. The average Bonchev–Trinajstić information content (AvgIpc) is 2.22. The first kappa shape index (κ1) is 17.9. The van der Waals surface area contributed by atoms with Gasteiger partial charge in [0.1, 0.15) is 5.67 Å². The van der Waals surface area contributed by atoms with Crippen LogP contribution in [0.5, 0.6) is 0 Å². The highest BCUT2D eigenvalue weighted by molar-refractivity contribution is 5.29. The van der Waals surface area contributed by atoms with Gasteiger partial charge in [0.05, 0.1) is 0 Å². The van der Waals surface area contributed by atoms with E-state index in [1.807, 2.05) is 19.1 Å². The Morgan fingerprint density at radius 3 is 2.37 bits per heavy atom. The molecule has 0 saturated heterocycles. The van der Waals surface area contributed by atoms with Crippen molar-refractivity contribution in [2.45, 2.75) is 47.2 Å². The largest absolute Gasteiger partial charge is 0.312 e. The zero-order valence-corrected chi connectivity index (χ0v) is 13.2. The van der Waals surface area contributed by atoms with Crippen molar-refractivity contribution in [2.75, 3.05) is 13.1 Å². The molecule has 0 rings (SSSR count). The van der Waals surface area contributed by atoms with Gasteiger partial charge in [-0.05, 0) is 51.8 Å². The van der Waals surface area contributed by atoms with E-state index < -0.39 is 5.67 Å². The molecule has 0 radical (unpaired) electrons. The van der Waals surface area contributed by atoms with Gasteiger partial charge in [-0.15, -0.1) is 5.73 Å². The van der Waals surface area contributed by atoms with Crippen LogP contribution < -0.4 is 5.32 Å². The predicted octanol–water partition coefficient (Wildman–Crippen LogP) is 4.58. The number of hydrogen-bond acceptors (Lipinski definition) is 1. The Labute approximate surface area is 118 Å². The smallest absolute Gasteiger partial charge is 0.133 e. The van der Waals surface area contributed by atoms with Crippen molar-refractivity contribution in [1.82, 2.24) is 5.32 Å². The van der Waals surface area contributed by atoms with E-state index in [2.05, 4.69) is 31.5 Å². The molecule has 0 aromatic carbocycles. The van der Waals surface area contributed by atoms with Crippen molar-refractivity contribution in [3.8, 4) is 0 Å². The summed E-state index contributed by atoms with van der Waals surface area (Å²) >= 11 is 0. The summed E-state index contributed by atoms with van der Waals surface area (Å²) in [6.07, 6.45) is 3.84. The van der Waals surface area contributed by atoms with Crippen molar-refractivity contribution in [1.29, 1.82) is 0 Å². The number of hydrogen-bond donors (Lipinski definition) is 1. The van der Waals surface area contributed by atoms with E-state index in [0.29, 0.717) is 11.5 Å². The third-order valence-electron chi connectivity index (χ3n) is 2.68. The maximum absolute atomic E-state index is 13.7. The summed E-state index contributed by atoms with van der Waals surface area (Å²) in [6, 6.07) is 0. The van der Waals surface area contributed by atoms with E-state index in [1.165, 1.54) is 0 Å². The van der Waals surface area contributed by atoms with Gasteiger partial charge in [-0.25, -0.2) is 4.39 Å². The molecular weight excluding hydrogens is 237 g/mol. The third-order valence-corrected chi connectivity index (χ3v) is 2.68. The van der Waals surface area contributed by atoms with Gasteiger partial charge >= 0.3 is 0 Å². The van der Waals surface area contributed by atoms with Crippen LogP contribution in [-0.4, -0.2) is 18.8 Å². The number of rotatable bonds is 7. The Balaban J connectivity index is 4.90. The molecule has 1 nitrogen and oxygen atoms in total. The van der Waals surface area contributed by atoms with Crippen LogP contribution in [0.3, 0.4) is 0 Å². The van der Waals surface area contributed by atoms with Gasteiger partial charge in [0.2, 0.25) is 0 Å². The quantitative estimate of drug-likeness (QED) is 0.524. The summed E-state index contributed by atoms with van der Waals surface area (Å²) in [5.41, 5.74) is 4.36. The Kier molecular flexibility index (Phi) is 7.66. The van der Waals surface area contributed by atoms with E-state index in [9.17, 15) is 4.39 Å². The molecule has 0 fully saturated rings. The molecule has 0 heterocycles. The van der Waals surface area contributed by atoms with Gasteiger partial charge in [0.15, 0.2) is 0 Å². The molecule has 0 saturated carbocycles. The monoisotopic (exact) mass is 265 g/mol. The number of allylic oxidation sites excluding steroid dienone is 2. The Hall–Kier alpha value is -1.11. The number of alkyl halides is 1.